The zero-order chi connectivity index (χ0) is 25.1. The zero-order valence-corrected chi connectivity index (χ0v) is 20.2. The molecule has 2 aromatic carbocycles. The molecule has 0 aliphatic carbocycles. The summed E-state index contributed by atoms with van der Waals surface area (Å²) in [4.78, 5) is 17.8. The third-order valence-corrected chi connectivity index (χ3v) is 7.41. The predicted molar refractivity (Wildman–Crippen MR) is 130 cm³/mol. The summed E-state index contributed by atoms with van der Waals surface area (Å²) in [5.41, 5.74) is 0.713. The Balaban J connectivity index is 1.31. The Bertz CT molecular complexity index is 1040. The molecule has 0 aromatic heterocycles. The Morgan fingerprint density at radius 3 is 2.72 bits per heavy atom. The van der Waals surface area contributed by atoms with Crippen LogP contribution in [-0.4, -0.2) is 68.9 Å². The largest absolute Gasteiger partial charge is 0.492 e. The van der Waals surface area contributed by atoms with Gasteiger partial charge in [0.2, 0.25) is 5.91 Å². The number of rotatable bonds is 7. The highest BCUT2D eigenvalue weighted by Crippen LogP contribution is 2.39. The highest BCUT2D eigenvalue weighted by Gasteiger charge is 2.42. The molecule has 3 aliphatic heterocycles. The molecule has 0 unspecified atom stereocenters. The van der Waals surface area contributed by atoms with Crippen molar-refractivity contribution in [1.82, 2.24) is 10.2 Å². The number of benzene rings is 2. The van der Waals surface area contributed by atoms with Gasteiger partial charge in [-0.1, -0.05) is 18.2 Å². The van der Waals surface area contributed by atoms with Crippen LogP contribution in [0.5, 0.6) is 5.75 Å². The van der Waals surface area contributed by atoms with Crippen LogP contribution in [0.25, 0.3) is 0 Å². The number of carbonyl (C=O) groups excluding carboxylic acids is 1. The van der Waals surface area contributed by atoms with Crippen molar-refractivity contribution in [3.63, 3.8) is 0 Å². The van der Waals surface area contributed by atoms with E-state index in [1.807, 2.05) is 30.3 Å². The van der Waals surface area contributed by atoms with Crippen molar-refractivity contribution in [1.29, 1.82) is 0 Å². The van der Waals surface area contributed by atoms with Gasteiger partial charge in [-0.25, -0.2) is 0 Å². The van der Waals surface area contributed by atoms with E-state index in [9.17, 15) is 18.0 Å². The van der Waals surface area contributed by atoms with Crippen LogP contribution in [0, 0.1) is 5.92 Å². The first-order chi connectivity index (χ1) is 17.4. The summed E-state index contributed by atoms with van der Waals surface area (Å²) < 4.78 is 51.7. The van der Waals surface area contributed by atoms with Crippen molar-refractivity contribution in [3.05, 3.63) is 59.7 Å². The third kappa shape index (κ3) is 5.62. The highest BCUT2D eigenvalue weighted by molar-refractivity contribution is 5.82. The van der Waals surface area contributed by atoms with Crippen molar-refractivity contribution in [3.8, 4) is 5.75 Å². The number of ether oxygens (including phenoxy) is 2. The summed E-state index contributed by atoms with van der Waals surface area (Å²) in [7, 11) is 0. The van der Waals surface area contributed by atoms with Gasteiger partial charge in [-0.2, -0.15) is 13.2 Å². The number of alkyl halides is 3. The number of halogens is 3. The number of nitrogens with one attached hydrogen (secondary N) is 1. The minimum Gasteiger partial charge on any atom is -0.492 e. The molecular formula is C27H32F3N3O3. The van der Waals surface area contributed by atoms with E-state index in [4.69, 9.17) is 9.47 Å². The lowest BCUT2D eigenvalue weighted by Crippen LogP contribution is -2.61. The number of carbonyl (C=O) groups is 1. The standard InChI is InChI=1S/C27H32F3N3O3/c28-27(29,30)20-8-9-24-19(15-20)16-23(26(34)31-17-22-7-4-13-35-22)25-18-32(10-11-33(24)25)12-14-36-21-5-2-1-3-6-21/h1-3,5-6,8-9,15,22-23,25H,4,7,10-14,16-18H2,(H,31,34)/t22-,23-,25+/m0/s1. The Morgan fingerprint density at radius 1 is 1.14 bits per heavy atom. The summed E-state index contributed by atoms with van der Waals surface area (Å²) in [6, 6.07) is 13.4. The number of amides is 1. The fourth-order valence-corrected chi connectivity index (χ4v) is 5.52. The molecule has 9 heteroatoms. The predicted octanol–water partition coefficient (Wildman–Crippen LogP) is 3.74. The van der Waals surface area contributed by atoms with E-state index in [1.165, 1.54) is 6.07 Å². The molecule has 3 atom stereocenters. The summed E-state index contributed by atoms with van der Waals surface area (Å²) in [5.74, 6) is 0.251. The Hall–Kier alpha value is -2.78. The van der Waals surface area contributed by atoms with Crippen LogP contribution < -0.4 is 15.0 Å². The number of para-hydroxylation sites is 1. The summed E-state index contributed by atoms with van der Waals surface area (Å²) in [5, 5.41) is 3.03. The molecule has 2 saturated heterocycles. The summed E-state index contributed by atoms with van der Waals surface area (Å²) in [6.07, 6.45) is -2.23. The quantitative estimate of drug-likeness (QED) is 0.624. The number of anilines is 1. The van der Waals surface area contributed by atoms with Crippen molar-refractivity contribution in [2.45, 2.75) is 37.6 Å². The zero-order valence-electron chi connectivity index (χ0n) is 20.2. The van der Waals surface area contributed by atoms with Gasteiger partial charge in [0.1, 0.15) is 12.4 Å². The molecular weight excluding hydrogens is 471 g/mol. The smallest absolute Gasteiger partial charge is 0.416 e. The summed E-state index contributed by atoms with van der Waals surface area (Å²) >= 11 is 0. The number of hydrogen-bond acceptors (Lipinski definition) is 5. The first kappa shape index (κ1) is 24.9. The molecule has 0 saturated carbocycles. The normalized spacial score (nSPS) is 24.2. The second kappa shape index (κ2) is 10.7. The second-order valence-electron chi connectivity index (χ2n) is 9.75. The first-order valence-corrected chi connectivity index (χ1v) is 12.6. The van der Waals surface area contributed by atoms with Gasteiger partial charge in [0.15, 0.2) is 0 Å². The Morgan fingerprint density at radius 2 is 1.97 bits per heavy atom. The molecule has 3 heterocycles. The second-order valence-corrected chi connectivity index (χ2v) is 9.75. The van der Waals surface area contributed by atoms with Crippen LogP contribution in [0.15, 0.2) is 48.5 Å². The molecule has 0 radical (unpaired) electrons. The number of nitrogens with zero attached hydrogens (tertiary/aromatic N) is 2. The van der Waals surface area contributed by atoms with E-state index < -0.39 is 17.7 Å². The average Bonchev–Trinajstić information content (AvgIpc) is 3.40. The Kier molecular flexibility index (Phi) is 7.39. The topological polar surface area (TPSA) is 54.0 Å². The fourth-order valence-electron chi connectivity index (χ4n) is 5.52. The molecule has 3 aliphatic rings. The molecule has 2 fully saturated rings. The van der Waals surface area contributed by atoms with E-state index in [0.717, 1.165) is 36.9 Å². The maximum Gasteiger partial charge on any atom is 0.416 e. The van der Waals surface area contributed by atoms with Crippen molar-refractivity contribution in [2.24, 2.45) is 5.92 Å². The van der Waals surface area contributed by atoms with Gasteiger partial charge in [-0.3, -0.25) is 9.69 Å². The van der Waals surface area contributed by atoms with Gasteiger partial charge in [0, 0.05) is 45.0 Å². The molecule has 0 spiro atoms. The molecule has 36 heavy (non-hydrogen) atoms. The molecule has 6 nitrogen and oxygen atoms in total. The van der Waals surface area contributed by atoms with Crippen molar-refractivity contribution >= 4 is 11.6 Å². The summed E-state index contributed by atoms with van der Waals surface area (Å²) in [6.45, 7) is 4.42. The lowest BCUT2D eigenvalue weighted by molar-refractivity contribution is -0.137. The van der Waals surface area contributed by atoms with Gasteiger partial charge in [0.25, 0.3) is 0 Å². The number of fused-ring (bicyclic) bond motifs is 3. The van der Waals surface area contributed by atoms with Gasteiger partial charge < -0.3 is 19.7 Å². The van der Waals surface area contributed by atoms with Crippen molar-refractivity contribution < 1.29 is 27.4 Å². The maximum absolute atomic E-state index is 13.4. The first-order valence-electron chi connectivity index (χ1n) is 12.6. The lowest BCUT2D eigenvalue weighted by Gasteiger charge is -2.49. The van der Waals surface area contributed by atoms with Crippen LogP contribution in [-0.2, 0) is 22.1 Å². The molecule has 5 rings (SSSR count). The van der Waals surface area contributed by atoms with Gasteiger partial charge >= 0.3 is 6.18 Å². The molecule has 2 aromatic rings. The molecule has 1 N–H and O–H groups in total. The maximum atomic E-state index is 13.4. The number of hydrogen-bond donors (Lipinski definition) is 1. The molecule has 1 amide bonds. The van der Waals surface area contributed by atoms with E-state index in [-0.39, 0.29) is 24.5 Å². The average molecular weight is 504 g/mol. The minimum absolute atomic E-state index is 0.00996. The van der Waals surface area contributed by atoms with Gasteiger partial charge in [-0.05, 0) is 55.2 Å². The van der Waals surface area contributed by atoms with E-state index in [1.54, 1.807) is 6.07 Å². The lowest BCUT2D eigenvalue weighted by atomic mass is 9.82. The van der Waals surface area contributed by atoms with Crippen LogP contribution in [0.2, 0.25) is 0 Å². The van der Waals surface area contributed by atoms with Crippen LogP contribution in [0.4, 0.5) is 18.9 Å². The van der Waals surface area contributed by atoms with Gasteiger partial charge in [0.05, 0.1) is 23.6 Å². The van der Waals surface area contributed by atoms with E-state index >= 15 is 0 Å². The van der Waals surface area contributed by atoms with Crippen LogP contribution in [0.1, 0.15) is 24.0 Å². The SMILES string of the molecule is O=C(NC[C@@H]1CCCO1)[C@H]1Cc2cc(C(F)(F)F)ccc2N2CCN(CCOc3ccccc3)C[C@H]12. The van der Waals surface area contributed by atoms with E-state index in [2.05, 4.69) is 15.1 Å². The highest BCUT2D eigenvalue weighted by atomic mass is 19.4. The number of piperazine rings is 1. The molecule has 0 bridgehead atoms. The van der Waals surface area contributed by atoms with Crippen molar-refractivity contribution in [2.75, 3.05) is 50.8 Å². The fraction of sp³-hybridized carbons (Fsp3) is 0.519. The monoisotopic (exact) mass is 503 g/mol. The van der Waals surface area contributed by atoms with E-state index in [0.29, 0.717) is 45.0 Å². The van der Waals surface area contributed by atoms with Gasteiger partial charge in [-0.15, -0.1) is 0 Å². The third-order valence-electron chi connectivity index (χ3n) is 7.41. The van der Waals surface area contributed by atoms with Crippen LogP contribution >= 0.6 is 0 Å². The molecule has 194 valence electrons. The minimum atomic E-state index is -4.42. The Labute approximate surface area is 209 Å². The van der Waals surface area contributed by atoms with Crippen LogP contribution in [0.3, 0.4) is 0 Å².